The van der Waals surface area contributed by atoms with Gasteiger partial charge in [0.25, 0.3) is 0 Å². The molecule has 2 N–H and O–H groups in total. The van der Waals surface area contributed by atoms with E-state index in [1.807, 2.05) is 0 Å². The van der Waals surface area contributed by atoms with Gasteiger partial charge in [-0.15, -0.1) is 0 Å². The first kappa shape index (κ1) is 14.3. The van der Waals surface area contributed by atoms with E-state index in [2.05, 4.69) is 5.10 Å². The van der Waals surface area contributed by atoms with Crippen LogP contribution in [0.15, 0.2) is 23.0 Å². The Balaban J connectivity index is 2.73. The number of aryl methyl sites for hydroxylation is 1. The Bertz CT molecular complexity index is 726. The van der Waals surface area contributed by atoms with Crippen LogP contribution in [0.4, 0.5) is 13.2 Å². The van der Waals surface area contributed by atoms with E-state index in [1.54, 1.807) is 6.92 Å². The summed E-state index contributed by atoms with van der Waals surface area (Å²) >= 11 is 0. The fourth-order valence-electron chi connectivity index (χ4n) is 1.80. The third-order valence-corrected chi connectivity index (χ3v) is 2.81. The summed E-state index contributed by atoms with van der Waals surface area (Å²) in [7, 11) is 0. The van der Waals surface area contributed by atoms with Crippen molar-refractivity contribution in [1.82, 2.24) is 9.78 Å². The third kappa shape index (κ3) is 2.32. The van der Waals surface area contributed by atoms with Gasteiger partial charge in [0.15, 0.2) is 17.5 Å². The Labute approximate surface area is 112 Å². The topological polar surface area (TPSA) is 60.9 Å². The highest BCUT2D eigenvalue weighted by Gasteiger charge is 2.18. The van der Waals surface area contributed by atoms with E-state index < -0.39 is 28.9 Å². The summed E-state index contributed by atoms with van der Waals surface area (Å²) in [4.78, 5) is 11.7. The Morgan fingerprint density at radius 2 is 1.90 bits per heavy atom. The van der Waals surface area contributed by atoms with Crippen molar-refractivity contribution in [2.24, 2.45) is 5.73 Å². The molecule has 0 bridgehead atoms. The molecule has 0 spiro atoms. The summed E-state index contributed by atoms with van der Waals surface area (Å²) in [5, 5.41) is 3.92. The molecule has 1 atom stereocenters. The maximum atomic E-state index is 13.8. The van der Waals surface area contributed by atoms with Crippen LogP contribution in [0.25, 0.3) is 5.69 Å². The van der Waals surface area contributed by atoms with E-state index in [-0.39, 0.29) is 17.1 Å². The number of rotatable bonds is 2. The zero-order valence-corrected chi connectivity index (χ0v) is 10.8. The molecular weight excluding hydrogens is 271 g/mol. The van der Waals surface area contributed by atoms with Gasteiger partial charge in [-0.1, -0.05) is 0 Å². The van der Waals surface area contributed by atoms with E-state index in [4.69, 9.17) is 5.73 Å². The number of hydrogen-bond donors (Lipinski definition) is 1. The van der Waals surface area contributed by atoms with Crippen molar-refractivity contribution in [2.75, 3.05) is 0 Å². The zero-order chi connectivity index (χ0) is 15.0. The molecule has 106 valence electrons. The van der Waals surface area contributed by atoms with Crippen LogP contribution < -0.4 is 11.2 Å². The highest BCUT2D eigenvalue weighted by molar-refractivity contribution is 5.35. The van der Waals surface area contributed by atoms with Gasteiger partial charge in [-0.25, -0.2) is 17.9 Å². The summed E-state index contributed by atoms with van der Waals surface area (Å²) in [6.07, 6.45) is 0. The quantitative estimate of drug-likeness (QED) is 0.857. The lowest BCUT2D eigenvalue weighted by atomic mass is 10.2. The van der Waals surface area contributed by atoms with E-state index >= 15 is 0 Å². The first-order valence-corrected chi connectivity index (χ1v) is 5.83. The van der Waals surface area contributed by atoms with Gasteiger partial charge in [-0.05, 0) is 26.0 Å². The molecule has 2 rings (SSSR count). The molecule has 7 heteroatoms. The molecule has 1 aromatic heterocycles. The molecule has 1 aromatic carbocycles. The van der Waals surface area contributed by atoms with Crippen LogP contribution in [0.2, 0.25) is 0 Å². The molecule has 2 aromatic rings. The molecule has 0 aliphatic carbocycles. The fraction of sp³-hybridized carbons (Fsp3) is 0.231. The normalized spacial score (nSPS) is 12.5. The molecule has 4 nitrogen and oxygen atoms in total. The molecule has 0 amide bonds. The minimum Gasteiger partial charge on any atom is -0.323 e. The summed E-state index contributed by atoms with van der Waals surface area (Å²) < 4.78 is 41.0. The van der Waals surface area contributed by atoms with E-state index in [0.717, 1.165) is 16.8 Å². The van der Waals surface area contributed by atoms with Crippen LogP contribution in [-0.4, -0.2) is 9.78 Å². The zero-order valence-electron chi connectivity index (χ0n) is 10.8. The van der Waals surface area contributed by atoms with Gasteiger partial charge in [0.1, 0.15) is 11.4 Å². The second kappa shape index (κ2) is 5.09. The van der Waals surface area contributed by atoms with Crippen molar-refractivity contribution in [3.8, 4) is 5.69 Å². The Morgan fingerprint density at radius 1 is 1.25 bits per heavy atom. The fourth-order valence-corrected chi connectivity index (χ4v) is 1.80. The third-order valence-electron chi connectivity index (χ3n) is 2.81. The monoisotopic (exact) mass is 283 g/mol. The van der Waals surface area contributed by atoms with Crippen molar-refractivity contribution < 1.29 is 13.2 Å². The highest BCUT2D eigenvalue weighted by atomic mass is 19.2. The van der Waals surface area contributed by atoms with Crippen LogP contribution in [0.3, 0.4) is 0 Å². The number of aromatic nitrogens is 2. The molecule has 0 fully saturated rings. The van der Waals surface area contributed by atoms with Gasteiger partial charge in [0, 0.05) is 17.8 Å². The predicted molar refractivity (Wildman–Crippen MR) is 67.0 cm³/mol. The number of benzene rings is 1. The van der Waals surface area contributed by atoms with E-state index in [1.165, 1.54) is 13.0 Å². The van der Waals surface area contributed by atoms with Crippen molar-refractivity contribution in [3.63, 3.8) is 0 Å². The lowest BCUT2D eigenvalue weighted by molar-refractivity contribution is 0.442. The Kier molecular flexibility index (Phi) is 3.63. The summed E-state index contributed by atoms with van der Waals surface area (Å²) in [5.41, 5.74) is 5.21. The molecule has 0 radical (unpaired) electrons. The van der Waals surface area contributed by atoms with Gasteiger partial charge in [0.2, 0.25) is 5.43 Å². The highest BCUT2D eigenvalue weighted by Crippen LogP contribution is 2.19. The van der Waals surface area contributed by atoms with Crippen molar-refractivity contribution in [2.45, 2.75) is 19.9 Å². The number of nitrogens with two attached hydrogens (primary N) is 1. The van der Waals surface area contributed by atoms with Crippen LogP contribution >= 0.6 is 0 Å². The molecule has 0 saturated heterocycles. The number of nitrogens with zero attached hydrogens (tertiary/aromatic N) is 2. The lowest BCUT2D eigenvalue weighted by Gasteiger charge is -2.13. The van der Waals surface area contributed by atoms with Gasteiger partial charge in [0.05, 0.1) is 0 Å². The van der Waals surface area contributed by atoms with Gasteiger partial charge in [-0.3, -0.25) is 4.79 Å². The van der Waals surface area contributed by atoms with Crippen LogP contribution in [0.1, 0.15) is 24.4 Å². The Morgan fingerprint density at radius 3 is 2.50 bits per heavy atom. The molecule has 0 aliphatic rings. The average Bonchev–Trinajstić information content (AvgIpc) is 2.37. The SMILES string of the molecule is Cc1cc(=O)c(C(C)N)nn1-c1ccc(F)c(F)c1F. The standard InChI is InChI=1S/C13H12F3N3O/c1-6-5-10(20)13(7(2)17)18-19(6)9-4-3-8(14)11(15)12(9)16/h3-5,7H,17H2,1-2H3. The minimum atomic E-state index is -1.59. The number of halogens is 3. The second-order valence-electron chi connectivity index (χ2n) is 4.43. The first-order valence-electron chi connectivity index (χ1n) is 5.83. The summed E-state index contributed by atoms with van der Waals surface area (Å²) in [6.45, 7) is 3.05. The van der Waals surface area contributed by atoms with E-state index in [9.17, 15) is 18.0 Å². The average molecular weight is 283 g/mol. The summed E-state index contributed by atoms with van der Waals surface area (Å²) in [6, 6.07) is 2.39. The number of hydrogen-bond acceptors (Lipinski definition) is 3. The Hall–Kier alpha value is -2.15. The van der Waals surface area contributed by atoms with Crippen LogP contribution in [0.5, 0.6) is 0 Å². The van der Waals surface area contributed by atoms with Crippen LogP contribution in [-0.2, 0) is 0 Å². The largest absolute Gasteiger partial charge is 0.323 e. The van der Waals surface area contributed by atoms with Gasteiger partial charge < -0.3 is 5.73 Å². The van der Waals surface area contributed by atoms with Gasteiger partial charge >= 0.3 is 0 Å². The van der Waals surface area contributed by atoms with Crippen LogP contribution in [0, 0.1) is 24.4 Å². The summed E-state index contributed by atoms with van der Waals surface area (Å²) in [5.74, 6) is -4.26. The molecular formula is C13H12F3N3O. The van der Waals surface area contributed by atoms with Gasteiger partial charge in [-0.2, -0.15) is 5.10 Å². The second-order valence-corrected chi connectivity index (χ2v) is 4.43. The minimum absolute atomic E-state index is 0.0136. The lowest BCUT2D eigenvalue weighted by Crippen LogP contribution is -2.24. The first-order chi connectivity index (χ1) is 9.32. The van der Waals surface area contributed by atoms with E-state index in [0.29, 0.717) is 0 Å². The molecule has 0 aliphatic heterocycles. The maximum Gasteiger partial charge on any atom is 0.205 e. The molecule has 0 saturated carbocycles. The maximum absolute atomic E-state index is 13.8. The van der Waals surface area contributed by atoms with Crippen molar-refractivity contribution in [1.29, 1.82) is 0 Å². The smallest absolute Gasteiger partial charge is 0.205 e. The predicted octanol–water partition coefficient (Wildman–Crippen LogP) is 1.98. The van der Waals surface area contributed by atoms with Crippen molar-refractivity contribution >= 4 is 0 Å². The molecule has 20 heavy (non-hydrogen) atoms. The molecule has 1 heterocycles. The molecule has 1 unspecified atom stereocenters. The van der Waals surface area contributed by atoms with Crippen molar-refractivity contribution in [3.05, 3.63) is 57.3 Å².